The third-order valence-electron chi connectivity index (χ3n) is 14.7. The fourth-order valence-electron chi connectivity index (χ4n) is 9.75. The summed E-state index contributed by atoms with van der Waals surface area (Å²) in [5, 5.41) is 10.1. The number of ether oxygens (including phenoxy) is 4. The number of hydrogen-bond donors (Lipinski definition) is 0. The highest BCUT2D eigenvalue weighted by molar-refractivity contribution is 5.93. The Labute approximate surface area is 482 Å². The maximum Gasteiger partial charge on any atom is 0.343 e. The number of carbonyl (C=O) groups is 2. The Morgan fingerprint density at radius 2 is 0.675 bits per heavy atom. The Bertz CT molecular complexity index is 2360. The number of nitrogens with zero attached hydrogens (tertiary/aromatic N) is 3. The molecule has 5 rings (SSSR count). The summed E-state index contributed by atoms with van der Waals surface area (Å²) in [5.41, 5.74) is 3.62. The fourth-order valence-corrected chi connectivity index (χ4v) is 9.75. The lowest BCUT2D eigenvalue weighted by Crippen LogP contribution is -2.12. The highest BCUT2D eigenvalue weighted by Crippen LogP contribution is 2.30. The third kappa shape index (κ3) is 27.6. The largest absolute Gasteiger partial charge is 0.494 e. The van der Waals surface area contributed by atoms with E-state index >= 15 is 0 Å². The third-order valence-corrected chi connectivity index (χ3v) is 14.7. The summed E-state index contributed by atoms with van der Waals surface area (Å²) in [6.45, 7) is 6.00. The van der Waals surface area contributed by atoms with Crippen LogP contribution in [0.5, 0.6) is 23.0 Å². The van der Waals surface area contributed by atoms with Gasteiger partial charge in [-0.2, -0.15) is 5.26 Å². The van der Waals surface area contributed by atoms with Crippen molar-refractivity contribution in [2.45, 2.75) is 219 Å². The summed E-state index contributed by atoms with van der Waals surface area (Å²) in [6, 6.07) is 35.6. The van der Waals surface area contributed by atoms with Crippen LogP contribution in [0.2, 0.25) is 0 Å². The molecule has 0 N–H and O–H groups in total. The summed E-state index contributed by atoms with van der Waals surface area (Å²) < 4.78 is 23.3. The summed E-state index contributed by atoms with van der Waals surface area (Å²) in [5.74, 6) is 0.304. The van der Waals surface area contributed by atoms with Crippen LogP contribution >= 0.6 is 0 Å². The second-order valence-corrected chi connectivity index (χ2v) is 21.6. The van der Waals surface area contributed by atoms with E-state index in [0.717, 1.165) is 48.7 Å². The van der Waals surface area contributed by atoms with Gasteiger partial charge in [0.15, 0.2) is 11.5 Å². The second-order valence-electron chi connectivity index (χ2n) is 21.6. The minimum atomic E-state index is -0.670. The smallest absolute Gasteiger partial charge is 0.343 e. The number of hydrogen-bond acceptors (Lipinski definition) is 9. The highest BCUT2D eigenvalue weighted by Gasteiger charge is 2.19. The molecule has 9 heteroatoms. The monoisotopic (exact) mass is 1090 g/mol. The molecule has 0 unspecified atom stereocenters. The van der Waals surface area contributed by atoms with Crippen molar-refractivity contribution < 1.29 is 28.5 Å². The van der Waals surface area contributed by atoms with E-state index in [4.69, 9.17) is 18.9 Å². The van der Waals surface area contributed by atoms with Crippen molar-refractivity contribution in [3.63, 3.8) is 0 Å². The maximum absolute atomic E-state index is 13.2. The standard InChI is InChI=1S/C71H95N3O6/c1-3-5-7-9-11-13-15-17-19-21-23-25-27-29-31-33-54-77-65-50-38-59(39-51-65)57-73-63-46-42-61(43-47-63)70(75)79-68-36-35-37-69(67(68)56-72)80-71(76)62-44-48-64(49-45-62)74-58-60-40-52-66(53-41-60)78-55-34-32-30-28-26-24-22-20-18-16-14-12-10-8-6-4-2/h35-53,57-58H,3-34,54-55H2,1-2H3. The van der Waals surface area contributed by atoms with E-state index in [2.05, 4.69) is 23.8 Å². The second kappa shape index (κ2) is 41.5. The predicted octanol–water partition coefficient (Wildman–Crippen LogP) is 20.8. The molecule has 0 saturated carbocycles. The van der Waals surface area contributed by atoms with Gasteiger partial charge in [-0.1, -0.05) is 213 Å². The van der Waals surface area contributed by atoms with Crippen LogP contribution in [0.3, 0.4) is 0 Å². The van der Waals surface area contributed by atoms with Crippen LogP contribution < -0.4 is 18.9 Å². The van der Waals surface area contributed by atoms with Crippen LogP contribution in [0.15, 0.2) is 125 Å². The average Bonchev–Trinajstić information content (AvgIpc) is 3.48. The molecule has 0 fully saturated rings. The predicted molar refractivity (Wildman–Crippen MR) is 331 cm³/mol. The minimum absolute atomic E-state index is 0.0259. The minimum Gasteiger partial charge on any atom is -0.494 e. The summed E-state index contributed by atoms with van der Waals surface area (Å²) in [4.78, 5) is 35.6. The van der Waals surface area contributed by atoms with Gasteiger partial charge in [-0.15, -0.1) is 0 Å². The lowest BCUT2D eigenvalue weighted by Gasteiger charge is -2.10. The number of esters is 2. The van der Waals surface area contributed by atoms with Gasteiger partial charge in [0, 0.05) is 12.4 Å². The maximum atomic E-state index is 13.2. The molecule has 80 heavy (non-hydrogen) atoms. The molecule has 0 bridgehead atoms. The Hall–Kier alpha value is -6.53. The van der Waals surface area contributed by atoms with Crippen molar-refractivity contribution in [3.05, 3.63) is 143 Å². The molecule has 0 aliphatic heterocycles. The van der Waals surface area contributed by atoms with Crippen LogP contribution in [0.4, 0.5) is 11.4 Å². The van der Waals surface area contributed by atoms with E-state index in [1.165, 1.54) is 205 Å². The molecule has 0 spiro atoms. The Balaban J connectivity index is 0.929. The molecule has 0 saturated heterocycles. The molecule has 430 valence electrons. The van der Waals surface area contributed by atoms with Crippen molar-refractivity contribution >= 4 is 35.7 Å². The van der Waals surface area contributed by atoms with E-state index in [-0.39, 0.29) is 28.2 Å². The quantitative estimate of drug-likeness (QED) is 0.0165. The highest BCUT2D eigenvalue weighted by atomic mass is 16.5. The molecule has 5 aromatic carbocycles. The van der Waals surface area contributed by atoms with Gasteiger partial charge in [-0.25, -0.2) is 9.59 Å². The first kappa shape index (κ1) is 64.3. The van der Waals surface area contributed by atoms with Crippen molar-refractivity contribution in [2.24, 2.45) is 9.98 Å². The van der Waals surface area contributed by atoms with E-state index in [9.17, 15) is 14.9 Å². The molecule has 0 amide bonds. The van der Waals surface area contributed by atoms with Crippen LogP contribution in [-0.4, -0.2) is 37.6 Å². The molecule has 0 aromatic heterocycles. The summed E-state index contributed by atoms with van der Waals surface area (Å²) >= 11 is 0. The van der Waals surface area contributed by atoms with Gasteiger partial charge >= 0.3 is 11.9 Å². The fraction of sp³-hybridized carbons (Fsp3) is 0.507. The molecule has 0 atom stereocenters. The number of nitriles is 1. The van der Waals surface area contributed by atoms with Gasteiger partial charge in [-0.3, -0.25) is 9.98 Å². The number of benzene rings is 5. The molecule has 0 radical (unpaired) electrons. The summed E-state index contributed by atoms with van der Waals surface area (Å²) in [7, 11) is 0. The van der Waals surface area contributed by atoms with E-state index < -0.39 is 11.9 Å². The average molecular weight is 1090 g/mol. The van der Waals surface area contributed by atoms with Crippen molar-refractivity contribution in [2.75, 3.05) is 13.2 Å². The zero-order chi connectivity index (χ0) is 56.3. The molecule has 0 aliphatic carbocycles. The number of carbonyl (C=O) groups excluding carboxylic acids is 2. The molecule has 5 aromatic rings. The van der Waals surface area contributed by atoms with Crippen LogP contribution in [-0.2, 0) is 0 Å². The first-order valence-electron chi connectivity index (χ1n) is 31.2. The lowest BCUT2D eigenvalue weighted by atomic mass is 10.0. The van der Waals surface area contributed by atoms with Gasteiger partial charge < -0.3 is 18.9 Å². The molecule has 9 nitrogen and oxygen atoms in total. The number of aliphatic imine (C=N–C) groups is 2. The van der Waals surface area contributed by atoms with E-state index in [0.29, 0.717) is 11.4 Å². The lowest BCUT2D eigenvalue weighted by molar-refractivity contribution is 0.0731. The van der Waals surface area contributed by atoms with E-state index in [1.807, 2.05) is 54.6 Å². The zero-order valence-corrected chi connectivity index (χ0v) is 49.0. The Morgan fingerprint density at radius 3 is 0.963 bits per heavy atom. The normalized spacial score (nSPS) is 11.3. The van der Waals surface area contributed by atoms with Crippen LogP contribution in [0.1, 0.15) is 257 Å². The van der Waals surface area contributed by atoms with Gasteiger partial charge in [-0.05, 0) is 133 Å². The molecular weight excluding hydrogens is 991 g/mol. The molecular formula is C71H95N3O6. The molecule has 0 heterocycles. The first-order chi connectivity index (χ1) is 39.4. The van der Waals surface area contributed by atoms with Crippen molar-refractivity contribution in [1.82, 2.24) is 0 Å². The van der Waals surface area contributed by atoms with Gasteiger partial charge in [0.05, 0.1) is 35.7 Å². The summed E-state index contributed by atoms with van der Waals surface area (Å²) in [6.07, 6.45) is 46.7. The van der Waals surface area contributed by atoms with Crippen LogP contribution in [0, 0.1) is 11.3 Å². The van der Waals surface area contributed by atoms with E-state index in [1.54, 1.807) is 67.0 Å². The SMILES string of the molecule is CCCCCCCCCCCCCCCCCCOc1ccc(C=Nc2ccc(C(=O)Oc3cccc(OC(=O)c4ccc(N=Cc5ccc(OCCCCCCCCCCCCCCCCCC)cc5)cc4)c3C#N)cc2)cc1. The van der Waals surface area contributed by atoms with Gasteiger partial charge in [0.2, 0.25) is 0 Å². The van der Waals surface area contributed by atoms with Crippen molar-refractivity contribution in [1.29, 1.82) is 5.26 Å². The zero-order valence-electron chi connectivity index (χ0n) is 49.0. The number of rotatable bonds is 44. The first-order valence-corrected chi connectivity index (χ1v) is 31.2. The van der Waals surface area contributed by atoms with Crippen molar-refractivity contribution in [3.8, 4) is 29.1 Å². The van der Waals surface area contributed by atoms with Gasteiger partial charge in [0.25, 0.3) is 0 Å². The van der Waals surface area contributed by atoms with Crippen LogP contribution in [0.25, 0.3) is 0 Å². The topological polar surface area (TPSA) is 120 Å². The molecule has 0 aliphatic rings. The van der Waals surface area contributed by atoms with Gasteiger partial charge in [0.1, 0.15) is 23.1 Å². The Kier molecular flexibility index (Phi) is 33.3. The Morgan fingerprint density at radius 1 is 0.388 bits per heavy atom. The number of unbranched alkanes of at least 4 members (excludes halogenated alkanes) is 30.